The zero-order valence-electron chi connectivity index (χ0n) is 52.9. The number of aliphatic hydroxyl groups is 1. The van der Waals surface area contributed by atoms with E-state index in [1.165, 1.54) is 24.4 Å². The molecule has 1 aliphatic heterocycles. The highest BCUT2D eigenvalue weighted by Crippen LogP contribution is 2.33. The van der Waals surface area contributed by atoms with Gasteiger partial charge in [-0.05, 0) is 83.2 Å². The predicted octanol–water partition coefficient (Wildman–Crippen LogP) is 3.18. The number of hydrogen-bond acceptors (Lipinski definition) is 19. The zero-order chi connectivity index (χ0) is 64.6. The number of aliphatic carboxylic acids is 1. The third kappa shape index (κ3) is 27.5. The molecule has 0 saturated heterocycles. The maximum Gasteiger partial charge on any atom is 0.409 e. The van der Waals surface area contributed by atoms with Gasteiger partial charge in [-0.3, -0.25) is 38.5 Å². The lowest BCUT2D eigenvalue weighted by atomic mass is 9.92. The van der Waals surface area contributed by atoms with Gasteiger partial charge in [0.1, 0.15) is 22.5 Å². The number of rotatable bonds is 19. The number of amides is 7. The van der Waals surface area contributed by atoms with E-state index in [1.807, 2.05) is 27.7 Å². The highest BCUT2D eigenvalue weighted by Gasteiger charge is 2.39. The second-order valence-electron chi connectivity index (χ2n) is 22.6. The zero-order valence-corrected chi connectivity index (χ0v) is 53.7. The molecule has 0 aliphatic carbocycles. The molecule has 7 amide bonds. The molecule has 0 bridgehead atoms. The number of likely N-dealkylation sites (N-methyl/N-ethyl adjacent to an activating group) is 2. The molecule has 2 aromatic rings. The van der Waals surface area contributed by atoms with E-state index in [0.29, 0.717) is 54.4 Å². The summed E-state index contributed by atoms with van der Waals surface area (Å²) in [6.45, 7) is 15.5. The number of carbonyl (C=O) groups is 8. The highest BCUT2D eigenvalue weighted by atomic mass is 32.1. The molecule has 26 nitrogen and oxygen atoms in total. The lowest BCUT2D eigenvalue weighted by Gasteiger charge is -2.38. The quantitative estimate of drug-likeness (QED) is 0.0937. The summed E-state index contributed by atoms with van der Waals surface area (Å²) in [4.78, 5) is 114. The summed E-state index contributed by atoms with van der Waals surface area (Å²) in [5.74, 6) is -0.271. The first-order chi connectivity index (χ1) is 41.2. The van der Waals surface area contributed by atoms with Crippen molar-refractivity contribution in [3.63, 3.8) is 0 Å². The minimum absolute atomic E-state index is 0.000447. The molecule has 1 aliphatic rings. The molecule has 0 fully saturated rings. The van der Waals surface area contributed by atoms with Crippen LogP contribution in [0.1, 0.15) is 121 Å². The number of carboxylic acids is 1. The van der Waals surface area contributed by atoms with Crippen LogP contribution < -0.4 is 36.6 Å². The molecule has 8 N–H and O–H groups in total. The summed E-state index contributed by atoms with van der Waals surface area (Å²) in [5.41, 5.74) is 0.290. The topological polar surface area (TPSA) is 327 Å². The minimum atomic E-state index is -1.29. The average Bonchev–Trinajstić information content (AvgIpc) is 2.76. The number of benzene rings is 1. The Morgan fingerprint density at radius 1 is 0.805 bits per heavy atom. The van der Waals surface area contributed by atoms with Gasteiger partial charge in [0.05, 0.1) is 70.0 Å². The van der Waals surface area contributed by atoms with Crippen LogP contribution in [0.15, 0.2) is 23.6 Å². The van der Waals surface area contributed by atoms with Crippen molar-refractivity contribution in [2.45, 2.75) is 136 Å². The standard InChI is InChI=1S/C60H96N10O16S/c1-13-40(4)53(67-58(79)60(6,7)69(10)11)56(76)70(12)46(39(2)3)37-48(86-59(80)68(8)9)55-66-45(38-87-55)54(75)65-43(34-41(5)57(77)78)35-42-16-17-47-44(36-42)61-22-14-15-23-62-51(73)20-26-81-30-32-83-28-24-63-49(71)18-19-50(72)64-25-29-84-33-31-82-27-21-52(74)85-47/h16-17,36,38-41,43,46,48,52-53,61,74H,13-15,20-35,37H2,1-12H3,(H,62,73)(H,63,71)(H,64,72)(H,65,75)(H,67,79)(H,77,78)/t40-,41?,43+,46+,48+,52?,53-/m0/s1. The van der Waals surface area contributed by atoms with Crippen molar-refractivity contribution >= 4 is 64.5 Å². The number of ether oxygens (including phenoxy) is 6. The van der Waals surface area contributed by atoms with E-state index in [4.69, 9.17) is 28.4 Å². The van der Waals surface area contributed by atoms with Crippen LogP contribution >= 0.6 is 11.3 Å². The number of aliphatic hydroxyl groups excluding tert-OH is 1. The van der Waals surface area contributed by atoms with E-state index in [9.17, 15) is 48.6 Å². The fourth-order valence-electron chi connectivity index (χ4n) is 8.52. The van der Waals surface area contributed by atoms with Gasteiger partial charge in [-0.25, -0.2) is 9.78 Å². The Balaban J connectivity index is 1.85. The molecule has 2 heterocycles. The Bertz CT molecular complexity index is 2570. The molecule has 87 heavy (non-hydrogen) atoms. The summed E-state index contributed by atoms with van der Waals surface area (Å²) in [6.07, 6.45) is -0.598. The normalized spacial score (nSPS) is 18.5. The van der Waals surface area contributed by atoms with Gasteiger partial charge in [0.15, 0.2) is 12.4 Å². The monoisotopic (exact) mass is 1240 g/mol. The molecule has 1 aromatic heterocycles. The maximum absolute atomic E-state index is 14.5. The molecule has 0 radical (unpaired) electrons. The summed E-state index contributed by atoms with van der Waals surface area (Å²) >= 11 is 1.10. The SMILES string of the molecule is CC[C@H](C)[C@H](NC(=O)C(C)(C)N(C)C)C(=O)N(C)[C@H](C[C@@H](OC(=O)N(C)C)c1nc(C(=O)N[C@@H](Cc2ccc3c(c2)NCCCCNC(=O)CCOCCOCCNC(=O)C#CC(=O)NCCOCCOCCC(O)O3)CC(C)C(=O)O)cs1)C(C)C. The highest BCUT2D eigenvalue weighted by molar-refractivity contribution is 7.09. The Hall–Kier alpha value is -6.67. The summed E-state index contributed by atoms with van der Waals surface area (Å²) in [7, 11) is 8.32. The van der Waals surface area contributed by atoms with Crippen molar-refractivity contribution in [1.82, 2.24) is 46.3 Å². The summed E-state index contributed by atoms with van der Waals surface area (Å²) < 4.78 is 34.1. The number of hydrogen-bond donors (Lipinski definition) is 8. The third-order valence-electron chi connectivity index (χ3n) is 14.7. The molecule has 488 valence electrons. The lowest BCUT2D eigenvalue weighted by Crippen LogP contribution is -2.60. The van der Waals surface area contributed by atoms with Gasteiger partial charge in [-0.15, -0.1) is 11.3 Å². The van der Waals surface area contributed by atoms with Crippen LogP contribution in [0.2, 0.25) is 0 Å². The molecule has 7 atom stereocenters. The molecule has 3 rings (SSSR count). The average molecular weight is 1250 g/mol. The first-order valence-corrected chi connectivity index (χ1v) is 30.6. The van der Waals surface area contributed by atoms with Gasteiger partial charge in [-0.2, -0.15) is 0 Å². The van der Waals surface area contributed by atoms with Crippen molar-refractivity contribution in [2.75, 3.05) is 120 Å². The van der Waals surface area contributed by atoms with E-state index < -0.39 is 71.8 Å². The first kappa shape index (κ1) is 74.6. The number of nitrogens with zero attached hydrogens (tertiary/aromatic N) is 4. The van der Waals surface area contributed by atoms with Crippen molar-refractivity contribution in [3.8, 4) is 17.6 Å². The van der Waals surface area contributed by atoms with Crippen LogP contribution in [0.4, 0.5) is 10.5 Å². The fraction of sp³-hybridized carbons (Fsp3) is 0.683. The Morgan fingerprint density at radius 2 is 1.40 bits per heavy atom. The van der Waals surface area contributed by atoms with Gasteiger partial charge < -0.3 is 80.3 Å². The van der Waals surface area contributed by atoms with Crippen LogP contribution in [0, 0.1) is 29.6 Å². The fourth-order valence-corrected chi connectivity index (χ4v) is 9.36. The molecule has 2 unspecified atom stereocenters. The molecule has 0 spiro atoms. The smallest absolute Gasteiger partial charge is 0.409 e. The van der Waals surface area contributed by atoms with E-state index >= 15 is 0 Å². The molecule has 1 aromatic carbocycles. The van der Waals surface area contributed by atoms with Crippen LogP contribution in [0.3, 0.4) is 0 Å². The number of anilines is 1. The van der Waals surface area contributed by atoms with Crippen molar-refractivity contribution in [3.05, 3.63) is 39.8 Å². The lowest BCUT2D eigenvalue weighted by molar-refractivity contribution is -0.142. The number of fused-ring (bicyclic) bond motifs is 1. The molecule has 27 heteroatoms. The van der Waals surface area contributed by atoms with Gasteiger partial charge in [0, 0.05) is 95.9 Å². The maximum atomic E-state index is 14.5. The van der Waals surface area contributed by atoms with Gasteiger partial charge in [0.2, 0.25) is 17.7 Å². The van der Waals surface area contributed by atoms with Crippen molar-refractivity contribution < 1.29 is 77.0 Å². The van der Waals surface area contributed by atoms with Crippen LogP contribution in [0.25, 0.3) is 0 Å². The van der Waals surface area contributed by atoms with Crippen LogP contribution in [-0.2, 0) is 58.9 Å². The van der Waals surface area contributed by atoms with Crippen molar-refractivity contribution in [1.29, 1.82) is 0 Å². The molecular weight excluding hydrogens is 1150 g/mol. The van der Waals surface area contributed by atoms with E-state index in [2.05, 4.69) is 48.7 Å². The number of aromatic nitrogens is 1. The Morgan fingerprint density at radius 3 is 1.98 bits per heavy atom. The van der Waals surface area contributed by atoms with E-state index in [-0.39, 0.29) is 133 Å². The largest absolute Gasteiger partial charge is 0.481 e. The van der Waals surface area contributed by atoms with E-state index in [1.54, 1.807) is 69.9 Å². The van der Waals surface area contributed by atoms with Gasteiger partial charge in [0.25, 0.3) is 17.7 Å². The van der Waals surface area contributed by atoms with E-state index in [0.717, 1.165) is 11.3 Å². The minimum Gasteiger partial charge on any atom is -0.481 e. The molecular formula is C60H96N10O16S. The summed E-state index contributed by atoms with van der Waals surface area (Å²) in [6, 6.07) is 3.10. The molecule has 0 saturated carbocycles. The Labute approximate surface area is 516 Å². The van der Waals surface area contributed by atoms with Gasteiger partial charge >= 0.3 is 12.1 Å². The van der Waals surface area contributed by atoms with Gasteiger partial charge in [-0.1, -0.05) is 47.1 Å². The first-order valence-electron chi connectivity index (χ1n) is 29.7. The number of thiazole rings is 1. The second-order valence-corrected chi connectivity index (χ2v) is 23.5. The van der Waals surface area contributed by atoms with Crippen LogP contribution in [0.5, 0.6) is 5.75 Å². The third-order valence-corrected chi connectivity index (χ3v) is 15.6. The number of carboxylic acid groups (broad SMARTS) is 1. The number of nitrogens with one attached hydrogen (secondary N) is 6. The number of carbonyl (C=O) groups excluding carboxylic acids is 7. The van der Waals surface area contributed by atoms with Crippen molar-refractivity contribution in [2.24, 2.45) is 17.8 Å². The predicted molar refractivity (Wildman–Crippen MR) is 327 cm³/mol. The van der Waals surface area contributed by atoms with Crippen LogP contribution in [-0.4, -0.2) is 222 Å². The Kier molecular flexibility index (Phi) is 33.7. The second kappa shape index (κ2) is 39.3. The summed E-state index contributed by atoms with van der Waals surface area (Å²) in [5, 5.41) is 40.2.